The molecule has 2 aromatic carbocycles. The van der Waals surface area contributed by atoms with Gasteiger partial charge in [0.25, 0.3) is 0 Å². The normalized spacial score (nSPS) is 11.1. The molecular formula is C19H20F3NO3. The molecule has 7 heteroatoms. The third-order valence-electron chi connectivity index (χ3n) is 3.62. The Bertz CT molecular complexity index is 715. The molecule has 0 atom stereocenters. The fraction of sp³-hybridized carbons (Fsp3) is 0.316. The maximum atomic E-state index is 12.6. The van der Waals surface area contributed by atoms with Gasteiger partial charge in [0.15, 0.2) is 0 Å². The largest absolute Gasteiger partial charge is 0.497 e. The standard InChI is InChI=1S/C19H20F3NO3/c1-25-16-7-9-17(10-8-16)26-11-3-6-18(24)23-13-14-4-2-5-15(12-14)19(20,21)22/h2,4-5,7-10,12H,3,6,11,13H2,1H3,(H,23,24). The van der Waals surface area contributed by atoms with Crippen LogP contribution in [-0.2, 0) is 17.5 Å². The number of carbonyl (C=O) groups is 1. The molecule has 4 nitrogen and oxygen atoms in total. The predicted molar refractivity (Wildman–Crippen MR) is 91.0 cm³/mol. The molecule has 0 aromatic heterocycles. The van der Waals surface area contributed by atoms with Crippen LogP contribution in [0.25, 0.3) is 0 Å². The van der Waals surface area contributed by atoms with Gasteiger partial charge in [-0.25, -0.2) is 0 Å². The molecule has 0 bridgehead atoms. The highest BCUT2D eigenvalue weighted by Gasteiger charge is 2.30. The Kier molecular flexibility index (Phi) is 6.89. The lowest BCUT2D eigenvalue weighted by molar-refractivity contribution is -0.137. The van der Waals surface area contributed by atoms with E-state index in [1.54, 1.807) is 37.4 Å². The quantitative estimate of drug-likeness (QED) is 0.712. The second kappa shape index (κ2) is 9.12. The molecule has 2 rings (SSSR count). The summed E-state index contributed by atoms with van der Waals surface area (Å²) in [6.07, 6.45) is -3.66. The maximum absolute atomic E-state index is 12.6. The number of methoxy groups -OCH3 is 1. The van der Waals surface area contributed by atoms with E-state index in [4.69, 9.17) is 9.47 Å². The SMILES string of the molecule is COc1ccc(OCCCC(=O)NCc2cccc(C(F)(F)F)c2)cc1. The van der Waals surface area contributed by atoms with Crippen molar-refractivity contribution in [1.82, 2.24) is 5.32 Å². The van der Waals surface area contributed by atoms with Gasteiger partial charge in [-0.15, -0.1) is 0 Å². The first-order valence-electron chi connectivity index (χ1n) is 8.08. The molecule has 1 N–H and O–H groups in total. The number of alkyl halides is 3. The van der Waals surface area contributed by atoms with E-state index in [1.165, 1.54) is 6.07 Å². The Balaban J connectivity index is 1.69. The molecule has 0 aliphatic rings. The Morgan fingerprint density at radius 2 is 1.77 bits per heavy atom. The molecule has 0 aliphatic heterocycles. The molecule has 0 saturated carbocycles. The van der Waals surface area contributed by atoms with E-state index in [-0.39, 0.29) is 18.9 Å². The number of hydrogen-bond donors (Lipinski definition) is 1. The fourth-order valence-corrected chi connectivity index (χ4v) is 2.24. The summed E-state index contributed by atoms with van der Waals surface area (Å²) in [5.74, 6) is 1.17. The zero-order chi connectivity index (χ0) is 19.0. The zero-order valence-corrected chi connectivity index (χ0v) is 14.3. The molecule has 2 aromatic rings. The summed E-state index contributed by atoms with van der Waals surface area (Å²) in [5, 5.41) is 2.61. The number of ether oxygens (including phenoxy) is 2. The molecule has 0 spiro atoms. The Morgan fingerprint density at radius 1 is 1.08 bits per heavy atom. The van der Waals surface area contributed by atoms with Gasteiger partial charge in [0.1, 0.15) is 11.5 Å². The number of carbonyl (C=O) groups excluding carboxylic acids is 1. The van der Waals surface area contributed by atoms with Gasteiger partial charge in [0.2, 0.25) is 5.91 Å². The summed E-state index contributed by atoms with van der Waals surface area (Å²) in [7, 11) is 1.58. The molecule has 0 heterocycles. The van der Waals surface area contributed by atoms with Gasteiger partial charge >= 0.3 is 6.18 Å². The van der Waals surface area contributed by atoms with Gasteiger partial charge in [-0.3, -0.25) is 4.79 Å². The van der Waals surface area contributed by atoms with Crippen LogP contribution in [0.15, 0.2) is 48.5 Å². The van der Waals surface area contributed by atoms with E-state index < -0.39 is 11.7 Å². The third-order valence-corrected chi connectivity index (χ3v) is 3.62. The first-order chi connectivity index (χ1) is 12.4. The van der Waals surface area contributed by atoms with Gasteiger partial charge in [-0.05, 0) is 48.4 Å². The van der Waals surface area contributed by atoms with Crippen LogP contribution in [0.4, 0.5) is 13.2 Å². The lowest BCUT2D eigenvalue weighted by atomic mass is 10.1. The number of rotatable bonds is 8. The van der Waals surface area contributed by atoms with E-state index in [9.17, 15) is 18.0 Å². The molecule has 0 unspecified atom stereocenters. The highest BCUT2D eigenvalue weighted by atomic mass is 19.4. The highest BCUT2D eigenvalue weighted by molar-refractivity contribution is 5.75. The van der Waals surface area contributed by atoms with Crippen LogP contribution in [0.2, 0.25) is 0 Å². The van der Waals surface area contributed by atoms with Gasteiger partial charge < -0.3 is 14.8 Å². The van der Waals surface area contributed by atoms with Gasteiger partial charge in [0.05, 0.1) is 19.3 Å². The van der Waals surface area contributed by atoms with Crippen molar-refractivity contribution in [2.24, 2.45) is 0 Å². The van der Waals surface area contributed by atoms with E-state index in [0.717, 1.165) is 17.9 Å². The average molecular weight is 367 g/mol. The van der Waals surface area contributed by atoms with Crippen molar-refractivity contribution in [2.45, 2.75) is 25.6 Å². The van der Waals surface area contributed by atoms with Gasteiger partial charge in [-0.2, -0.15) is 13.2 Å². The molecule has 0 radical (unpaired) electrons. The third kappa shape index (κ3) is 6.31. The van der Waals surface area contributed by atoms with Crippen LogP contribution < -0.4 is 14.8 Å². The first kappa shape index (κ1) is 19.6. The van der Waals surface area contributed by atoms with Crippen molar-refractivity contribution < 1.29 is 27.4 Å². The fourth-order valence-electron chi connectivity index (χ4n) is 2.24. The Hall–Kier alpha value is -2.70. The van der Waals surface area contributed by atoms with Crippen LogP contribution in [0.1, 0.15) is 24.0 Å². The molecule has 26 heavy (non-hydrogen) atoms. The van der Waals surface area contributed by atoms with E-state index in [2.05, 4.69) is 5.32 Å². The minimum atomic E-state index is -4.39. The second-order valence-corrected chi connectivity index (χ2v) is 5.60. The Morgan fingerprint density at radius 3 is 2.42 bits per heavy atom. The van der Waals surface area contributed by atoms with Crippen molar-refractivity contribution in [3.8, 4) is 11.5 Å². The molecule has 0 aliphatic carbocycles. The molecule has 1 amide bonds. The summed E-state index contributed by atoms with van der Waals surface area (Å²) >= 11 is 0. The highest BCUT2D eigenvalue weighted by Crippen LogP contribution is 2.29. The summed E-state index contributed by atoms with van der Waals surface area (Å²) in [4.78, 5) is 11.8. The number of nitrogens with one attached hydrogen (secondary N) is 1. The smallest absolute Gasteiger partial charge is 0.416 e. The van der Waals surface area contributed by atoms with E-state index >= 15 is 0 Å². The van der Waals surface area contributed by atoms with Crippen molar-refractivity contribution >= 4 is 5.91 Å². The maximum Gasteiger partial charge on any atom is 0.416 e. The average Bonchev–Trinajstić information content (AvgIpc) is 2.63. The second-order valence-electron chi connectivity index (χ2n) is 5.60. The van der Waals surface area contributed by atoms with Crippen LogP contribution >= 0.6 is 0 Å². The summed E-state index contributed by atoms with van der Waals surface area (Å²) < 4.78 is 48.5. The summed E-state index contributed by atoms with van der Waals surface area (Å²) in [6, 6.07) is 12.0. The van der Waals surface area contributed by atoms with Crippen molar-refractivity contribution in [2.75, 3.05) is 13.7 Å². The molecular weight excluding hydrogens is 347 g/mol. The number of benzene rings is 2. The van der Waals surface area contributed by atoms with Gasteiger partial charge in [0, 0.05) is 13.0 Å². The van der Waals surface area contributed by atoms with Crippen molar-refractivity contribution in [3.63, 3.8) is 0 Å². The molecule has 140 valence electrons. The first-order valence-corrected chi connectivity index (χ1v) is 8.08. The number of amides is 1. The predicted octanol–water partition coefficient (Wildman–Crippen LogP) is 4.19. The lowest BCUT2D eigenvalue weighted by Crippen LogP contribution is -2.23. The zero-order valence-electron chi connectivity index (χ0n) is 14.3. The van der Waals surface area contributed by atoms with Crippen LogP contribution in [0.5, 0.6) is 11.5 Å². The molecule has 0 fully saturated rings. The minimum Gasteiger partial charge on any atom is -0.497 e. The van der Waals surface area contributed by atoms with E-state index in [0.29, 0.717) is 24.3 Å². The summed E-state index contributed by atoms with van der Waals surface area (Å²) in [5.41, 5.74) is -0.320. The Labute approximate surface area is 149 Å². The topological polar surface area (TPSA) is 47.6 Å². The molecule has 0 saturated heterocycles. The van der Waals surface area contributed by atoms with Crippen molar-refractivity contribution in [3.05, 3.63) is 59.7 Å². The van der Waals surface area contributed by atoms with E-state index in [1.807, 2.05) is 0 Å². The summed E-state index contributed by atoms with van der Waals surface area (Å²) in [6.45, 7) is 0.422. The van der Waals surface area contributed by atoms with Crippen LogP contribution in [0.3, 0.4) is 0 Å². The lowest BCUT2D eigenvalue weighted by Gasteiger charge is -2.10. The minimum absolute atomic E-state index is 0.0576. The number of hydrogen-bond acceptors (Lipinski definition) is 3. The van der Waals surface area contributed by atoms with Crippen LogP contribution in [0, 0.1) is 0 Å². The number of halogens is 3. The van der Waals surface area contributed by atoms with Gasteiger partial charge in [-0.1, -0.05) is 12.1 Å². The monoisotopic (exact) mass is 367 g/mol. The van der Waals surface area contributed by atoms with Crippen LogP contribution in [-0.4, -0.2) is 19.6 Å². The van der Waals surface area contributed by atoms with Crippen molar-refractivity contribution in [1.29, 1.82) is 0 Å².